The molecule has 0 saturated carbocycles. The van der Waals surface area contributed by atoms with Crippen LogP contribution in [0.1, 0.15) is 41.9 Å². The van der Waals surface area contributed by atoms with Gasteiger partial charge in [0.2, 0.25) is 0 Å². The van der Waals surface area contributed by atoms with Gasteiger partial charge in [-0.25, -0.2) is 0 Å². The zero-order valence-electron chi connectivity index (χ0n) is 16.9. The van der Waals surface area contributed by atoms with Crippen molar-refractivity contribution >= 4 is 16.8 Å². The van der Waals surface area contributed by atoms with Crippen molar-refractivity contribution in [2.24, 2.45) is 5.92 Å². The molecule has 1 N–H and O–H groups in total. The van der Waals surface area contributed by atoms with Crippen molar-refractivity contribution in [3.63, 3.8) is 0 Å². The van der Waals surface area contributed by atoms with Crippen LogP contribution in [0.25, 0.3) is 10.9 Å². The molecule has 1 aromatic heterocycles. The van der Waals surface area contributed by atoms with Gasteiger partial charge < -0.3 is 10.0 Å². The highest BCUT2D eigenvalue weighted by molar-refractivity contribution is 5.98. The largest absolute Gasteiger partial charge is 0.396 e. The molecule has 0 spiro atoms. The van der Waals surface area contributed by atoms with Gasteiger partial charge in [0.05, 0.1) is 16.8 Å². The van der Waals surface area contributed by atoms with Crippen LogP contribution in [0.5, 0.6) is 0 Å². The van der Waals surface area contributed by atoms with Crippen LogP contribution in [0.4, 0.5) is 0 Å². The maximum Gasteiger partial charge on any atom is 0.255 e. The lowest BCUT2D eigenvalue weighted by Gasteiger charge is -2.42. The second-order valence-electron chi connectivity index (χ2n) is 8.12. The summed E-state index contributed by atoms with van der Waals surface area (Å²) in [6.07, 6.45) is 0.699. The molecule has 5 heteroatoms. The standard InChI is InChI=1S/C22H31N3O2/c1-15(2)13-24-8-9-25(14-19(24)7-10-26)22(27)20-12-18-11-16(3)5-6-21(18)23-17(20)4/h5-6,11-12,15,19,26H,7-10,13-14H2,1-4H3/t19-/m1/s1. The Morgan fingerprint density at radius 2 is 2.04 bits per heavy atom. The second-order valence-corrected chi connectivity index (χ2v) is 8.12. The van der Waals surface area contributed by atoms with E-state index in [4.69, 9.17) is 0 Å². The Morgan fingerprint density at radius 3 is 2.74 bits per heavy atom. The third kappa shape index (κ3) is 4.47. The molecule has 0 bridgehead atoms. The molecule has 1 fully saturated rings. The van der Waals surface area contributed by atoms with E-state index in [0.29, 0.717) is 24.4 Å². The fraction of sp³-hybridized carbons (Fsp3) is 0.545. The van der Waals surface area contributed by atoms with Crippen LogP contribution in [0.3, 0.4) is 0 Å². The average molecular weight is 370 g/mol. The van der Waals surface area contributed by atoms with Gasteiger partial charge in [-0.3, -0.25) is 14.7 Å². The first-order valence-electron chi connectivity index (χ1n) is 9.91. The number of pyridine rings is 1. The first-order chi connectivity index (χ1) is 12.9. The van der Waals surface area contributed by atoms with Crippen molar-refractivity contribution in [1.29, 1.82) is 0 Å². The van der Waals surface area contributed by atoms with Crippen molar-refractivity contribution in [2.75, 3.05) is 32.8 Å². The molecule has 2 heterocycles. The average Bonchev–Trinajstić information content (AvgIpc) is 2.62. The quantitative estimate of drug-likeness (QED) is 0.880. The van der Waals surface area contributed by atoms with E-state index in [1.54, 1.807) is 0 Å². The summed E-state index contributed by atoms with van der Waals surface area (Å²) in [7, 11) is 0. The summed E-state index contributed by atoms with van der Waals surface area (Å²) in [6, 6.07) is 8.32. The number of benzene rings is 1. The third-order valence-electron chi connectivity index (χ3n) is 5.35. The number of fused-ring (bicyclic) bond motifs is 1. The number of rotatable bonds is 5. The Balaban J connectivity index is 1.83. The van der Waals surface area contributed by atoms with E-state index >= 15 is 0 Å². The molecule has 1 aromatic carbocycles. The van der Waals surface area contributed by atoms with Gasteiger partial charge in [0, 0.05) is 44.2 Å². The van der Waals surface area contributed by atoms with E-state index < -0.39 is 0 Å². The van der Waals surface area contributed by atoms with Crippen molar-refractivity contribution in [3.8, 4) is 0 Å². The summed E-state index contributed by atoms with van der Waals surface area (Å²) in [4.78, 5) is 22.2. The van der Waals surface area contributed by atoms with E-state index in [1.807, 2.05) is 36.9 Å². The van der Waals surface area contributed by atoms with Gasteiger partial charge in [0.15, 0.2) is 0 Å². The molecule has 146 valence electrons. The number of aliphatic hydroxyl groups is 1. The highest BCUT2D eigenvalue weighted by Gasteiger charge is 2.30. The summed E-state index contributed by atoms with van der Waals surface area (Å²) in [5.41, 5.74) is 3.55. The van der Waals surface area contributed by atoms with Crippen molar-refractivity contribution < 1.29 is 9.90 Å². The zero-order chi connectivity index (χ0) is 19.6. The van der Waals surface area contributed by atoms with E-state index in [-0.39, 0.29) is 18.6 Å². The number of amides is 1. The normalized spacial score (nSPS) is 18.4. The van der Waals surface area contributed by atoms with Gasteiger partial charge in [0.1, 0.15) is 0 Å². The lowest BCUT2D eigenvalue weighted by molar-refractivity contribution is 0.0384. The summed E-state index contributed by atoms with van der Waals surface area (Å²) < 4.78 is 0. The van der Waals surface area contributed by atoms with Crippen molar-refractivity contribution in [3.05, 3.63) is 41.1 Å². The molecular weight excluding hydrogens is 338 g/mol. The van der Waals surface area contributed by atoms with E-state index in [0.717, 1.165) is 41.8 Å². The first kappa shape index (κ1) is 19.8. The molecule has 1 aliphatic heterocycles. The Labute approximate surface area is 162 Å². The van der Waals surface area contributed by atoms with Crippen LogP contribution in [0, 0.1) is 19.8 Å². The molecule has 1 aliphatic rings. The minimum Gasteiger partial charge on any atom is -0.396 e. The van der Waals surface area contributed by atoms with Crippen LogP contribution in [-0.4, -0.2) is 64.6 Å². The molecule has 0 radical (unpaired) electrons. The zero-order valence-corrected chi connectivity index (χ0v) is 16.9. The van der Waals surface area contributed by atoms with E-state index in [1.165, 1.54) is 0 Å². The van der Waals surface area contributed by atoms with E-state index in [9.17, 15) is 9.90 Å². The van der Waals surface area contributed by atoms with Crippen LogP contribution >= 0.6 is 0 Å². The second kappa shape index (κ2) is 8.36. The lowest BCUT2D eigenvalue weighted by Crippen LogP contribution is -2.55. The topological polar surface area (TPSA) is 56.7 Å². The highest BCUT2D eigenvalue weighted by Crippen LogP contribution is 2.22. The first-order valence-corrected chi connectivity index (χ1v) is 9.91. The minimum absolute atomic E-state index is 0.0514. The van der Waals surface area contributed by atoms with Crippen LogP contribution in [0.2, 0.25) is 0 Å². The molecule has 0 aliphatic carbocycles. The monoisotopic (exact) mass is 369 g/mol. The number of hydrogen-bond acceptors (Lipinski definition) is 4. The third-order valence-corrected chi connectivity index (χ3v) is 5.35. The number of carbonyl (C=O) groups excluding carboxylic acids is 1. The summed E-state index contributed by atoms with van der Waals surface area (Å²) in [6.45, 7) is 11.8. The Hall–Kier alpha value is -1.98. The summed E-state index contributed by atoms with van der Waals surface area (Å²) in [5, 5.41) is 10.5. The van der Waals surface area contributed by atoms with E-state index in [2.05, 4.69) is 29.8 Å². The van der Waals surface area contributed by atoms with Crippen LogP contribution < -0.4 is 0 Å². The molecule has 1 atom stereocenters. The lowest BCUT2D eigenvalue weighted by atomic mass is 10.0. The molecule has 27 heavy (non-hydrogen) atoms. The van der Waals surface area contributed by atoms with Crippen molar-refractivity contribution in [1.82, 2.24) is 14.8 Å². The molecule has 0 unspecified atom stereocenters. The SMILES string of the molecule is Cc1ccc2nc(C)c(C(=O)N3CCN(CC(C)C)[C@H](CCO)C3)cc2c1. The van der Waals surface area contributed by atoms with Gasteiger partial charge in [0.25, 0.3) is 5.91 Å². The predicted molar refractivity (Wildman–Crippen MR) is 109 cm³/mol. The van der Waals surface area contributed by atoms with Gasteiger partial charge in [-0.2, -0.15) is 0 Å². The van der Waals surface area contributed by atoms with Gasteiger partial charge in [-0.1, -0.05) is 25.5 Å². The van der Waals surface area contributed by atoms with Gasteiger partial charge in [-0.15, -0.1) is 0 Å². The van der Waals surface area contributed by atoms with Crippen molar-refractivity contribution in [2.45, 2.75) is 40.2 Å². The Morgan fingerprint density at radius 1 is 1.26 bits per heavy atom. The molecule has 2 aromatic rings. The number of aliphatic hydroxyl groups excluding tert-OH is 1. The Bertz CT molecular complexity index is 819. The smallest absolute Gasteiger partial charge is 0.255 e. The number of aromatic nitrogens is 1. The number of piperazine rings is 1. The molecule has 1 amide bonds. The number of nitrogens with zero attached hydrogens (tertiary/aromatic N) is 3. The fourth-order valence-electron chi connectivity index (χ4n) is 3.99. The van der Waals surface area contributed by atoms with Gasteiger partial charge >= 0.3 is 0 Å². The maximum atomic E-state index is 13.2. The Kier molecular flexibility index (Phi) is 6.12. The molecular formula is C22H31N3O2. The van der Waals surface area contributed by atoms with Crippen LogP contribution in [0.15, 0.2) is 24.3 Å². The van der Waals surface area contributed by atoms with Gasteiger partial charge in [-0.05, 0) is 44.4 Å². The minimum atomic E-state index is 0.0514. The maximum absolute atomic E-state index is 13.2. The summed E-state index contributed by atoms with van der Waals surface area (Å²) >= 11 is 0. The number of aryl methyl sites for hydroxylation is 2. The molecule has 5 nitrogen and oxygen atoms in total. The number of carbonyl (C=O) groups is 1. The molecule has 1 saturated heterocycles. The highest BCUT2D eigenvalue weighted by atomic mass is 16.3. The number of hydrogen-bond donors (Lipinski definition) is 1. The fourth-order valence-corrected chi connectivity index (χ4v) is 3.99. The summed E-state index contributed by atoms with van der Waals surface area (Å²) in [5.74, 6) is 0.624. The van der Waals surface area contributed by atoms with Crippen LogP contribution in [-0.2, 0) is 0 Å². The molecule has 3 rings (SSSR count). The predicted octanol–water partition coefficient (Wildman–Crippen LogP) is 3.02.